The van der Waals surface area contributed by atoms with Gasteiger partial charge in [-0.1, -0.05) is 0 Å². The number of carboxylic acid groups (broad SMARTS) is 1. The van der Waals surface area contributed by atoms with Gasteiger partial charge in [-0.25, -0.2) is 9.97 Å². The lowest BCUT2D eigenvalue weighted by atomic mass is 9.98. The van der Waals surface area contributed by atoms with Crippen molar-refractivity contribution < 1.29 is 9.90 Å². The first-order valence-corrected chi connectivity index (χ1v) is 6.48. The monoisotopic (exact) mass is 264 g/mol. The highest BCUT2D eigenvalue weighted by Gasteiger charge is 2.26. The van der Waals surface area contributed by atoms with Crippen molar-refractivity contribution in [2.45, 2.75) is 19.8 Å². The molecule has 6 heteroatoms. The molecule has 0 radical (unpaired) electrons. The summed E-state index contributed by atoms with van der Waals surface area (Å²) in [6, 6.07) is 1.91. The van der Waals surface area contributed by atoms with Crippen molar-refractivity contribution in [2.75, 3.05) is 37.0 Å². The number of aryl methyl sites for hydroxylation is 1. The zero-order valence-corrected chi connectivity index (χ0v) is 11.6. The number of nitrogens with zero attached hydrogens (tertiary/aromatic N) is 4. The number of aromatic nitrogens is 2. The average Bonchev–Trinajstić information content (AvgIpc) is 2.38. The van der Waals surface area contributed by atoms with E-state index in [1.54, 1.807) is 0 Å². The van der Waals surface area contributed by atoms with Gasteiger partial charge in [-0.3, -0.25) is 4.79 Å². The average molecular weight is 264 g/mol. The van der Waals surface area contributed by atoms with E-state index in [1.165, 1.54) is 0 Å². The van der Waals surface area contributed by atoms with E-state index < -0.39 is 5.97 Å². The lowest BCUT2D eigenvalue weighted by Crippen LogP contribution is -2.39. The van der Waals surface area contributed by atoms with Crippen LogP contribution in [0, 0.1) is 12.8 Å². The number of carbonyl (C=O) groups is 1. The topological polar surface area (TPSA) is 69.6 Å². The molecular formula is C13H20N4O2. The van der Waals surface area contributed by atoms with Crippen LogP contribution in [0.2, 0.25) is 0 Å². The Morgan fingerprint density at radius 1 is 1.47 bits per heavy atom. The van der Waals surface area contributed by atoms with Gasteiger partial charge in [-0.2, -0.15) is 0 Å². The number of piperidine rings is 1. The van der Waals surface area contributed by atoms with Crippen LogP contribution in [0.4, 0.5) is 11.6 Å². The Morgan fingerprint density at radius 3 is 2.84 bits per heavy atom. The van der Waals surface area contributed by atoms with Crippen molar-refractivity contribution in [3.8, 4) is 0 Å². The minimum Gasteiger partial charge on any atom is -0.481 e. The Morgan fingerprint density at radius 2 is 2.21 bits per heavy atom. The Bertz CT molecular complexity index is 476. The van der Waals surface area contributed by atoms with Crippen LogP contribution in [0.5, 0.6) is 0 Å². The van der Waals surface area contributed by atoms with Crippen LogP contribution >= 0.6 is 0 Å². The van der Waals surface area contributed by atoms with Crippen molar-refractivity contribution in [3.05, 3.63) is 11.9 Å². The molecule has 2 rings (SSSR count). The third-order valence-electron chi connectivity index (χ3n) is 3.36. The molecule has 0 spiro atoms. The number of aliphatic carboxylic acids is 1. The van der Waals surface area contributed by atoms with Gasteiger partial charge >= 0.3 is 5.97 Å². The van der Waals surface area contributed by atoms with Crippen LogP contribution in [0.1, 0.15) is 18.7 Å². The summed E-state index contributed by atoms with van der Waals surface area (Å²) in [6.45, 7) is 3.24. The van der Waals surface area contributed by atoms with E-state index in [0.717, 1.165) is 31.0 Å². The van der Waals surface area contributed by atoms with Crippen LogP contribution in [0.25, 0.3) is 0 Å². The Balaban J connectivity index is 2.23. The number of hydrogen-bond donors (Lipinski definition) is 1. The molecule has 1 fully saturated rings. The summed E-state index contributed by atoms with van der Waals surface area (Å²) in [4.78, 5) is 23.9. The highest BCUT2D eigenvalue weighted by molar-refractivity contribution is 5.71. The molecule has 1 aromatic rings. The van der Waals surface area contributed by atoms with E-state index in [-0.39, 0.29) is 5.92 Å². The van der Waals surface area contributed by atoms with E-state index in [9.17, 15) is 4.79 Å². The number of anilines is 2. The molecule has 6 nitrogen and oxygen atoms in total. The molecule has 1 N–H and O–H groups in total. The molecule has 0 aliphatic carbocycles. The standard InChI is InChI=1S/C13H20N4O2/c1-9-14-11(16(2)3)7-12(15-9)17-6-4-5-10(8-17)13(18)19/h7,10H,4-6,8H2,1-3H3,(H,18,19). The van der Waals surface area contributed by atoms with Crippen molar-refractivity contribution in [1.29, 1.82) is 0 Å². The first-order chi connectivity index (χ1) is 8.97. The SMILES string of the molecule is Cc1nc(N(C)C)cc(N2CCCC(C(=O)O)C2)n1. The fourth-order valence-corrected chi connectivity index (χ4v) is 2.31. The summed E-state index contributed by atoms with van der Waals surface area (Å²) in [5.41, 5.74) is 0. The Hall–Kier alpha value is -1.85. The molecule has 1 aliphatic heterocycles. The van der Waals surface area contributed by atoms with Crippen LogP contribution in [0.3, 0.4) is 0 Å². The number of rotatable bonds is 3. The second-order valence-electron chi connectivity index (χ2n) is 5.15. The van der Waals surface area contributed by atoms with Crippen molar-refractivity contribution in [3.63, 3.8) is 0 Å². The fourth-order valence-electron chi connectivity index (χ4n) is 2.31. The summed E-state index contributed by atoms with van der Waals surface area (Å²) < 4.78 is 0. The number of hydrogen-bond acceptors (Lipinski definition) is 5. The Labute approximate surface area is 113 Å². The van der Waals surface area contributed by atoms with Crippen LogP contribution in [0.15, 0.2) is 6.07 Å². The molecule has 1 aliphatic rings. The molecular weight excluding hydrogens is 244 g/mol. The highest BCUT2D eigenvalue weighted by Crippen LogP contribution is 2.24. The molecule has 2 heterocycles. The lowest BCUT2D eigenvalue weighted by Gasteiger charge is -2.32. The zero-order valence-electron chi connectivity index (χ0n) is 11.6. The van der Waals surface area contributed by atoms with Gasteiger partial charge in [0, 0.05) is 33.3 Å². The molecule has 0 aromatic carbocycles. The van der Waals surface area contributed by atoms with E-state index >= 15 is 0 Å². The summed E-state index contributed by atoms with van der Waals surface area (Å²) >= 11 is 0. The zero-order chi connectivity index (χ0) is 14.0. The third-order valence-corrected chi connectivity index (χ3v) is 3.36. The molecule has 19 heavy (non-hydrogen) atoms. The van der Waals surface area contributed by atoms with Gasteiger partial charge in [0.05, 0.1) is 5.92 Å². The summed E-state index contributed by atoms with van der Waals surface area (Å²) in [6.07, 6.45) is 1.63. The predicted molar refractivity (Wildman–Crippen MR) is 73.7 cm³/mol. The van der Waals surface area contributed by atoms with Crippen molar-refractivity contribution >= 4 is 17.6 Å². The Kier molecular flexibility index (Phi) is 3.87. The maximum Gasteiger partial charge on any atom is 0.308 e. The first kappa shape index (κ1) is 13.6. The molecule has 1 saturated heterocycles. The van der Waals surface area contributed by atoms with Gasteiger partial charge in [0.1, 0.15) is 17.5 Å². The van der Waals surface area contributed by atoms with Gasteiger partial charge in [0.15, 0.2) is 0 Å². The molecule has 104 valence electrons. The van der Waals surface area contributed by atoms with Crippen molar-refractivity contribution in [2.24, 2.45) is 5.92 Å². The molecule has 0 bridgehead atoms. The minimum absolute atomic E-state index is 0.299. The molecule has 0 saturated carbocycles. The van der Waals surface area contributed by atoms with Gasteiger partial charge in [-0.05, 0) is 19.8 Å². The maximum atomic E-state index is 11.1. The van der Waals surface area contributed by atoms with E-state index in [2.05, 4.69) is 9.97 Å². The summed E-state index contributed by atoms with van der Waals surface area (Å²) in [5, 5.41) is 9.13. The second-order valence-corrected chi connectivity index (χ2v) is 5.15. The van der Waals surface area contributed by atoms with E-state index in [0.29, 0.717) is 12.4 Å². The quantitative estimate of drug-likeness (QED) is 0.883. The van der Waals surface area contributed by atoms with Gasteiger partial charge in [0.25, 0.3) is 0 Å². The smallest absolute Gasteiger partial charge is 0.308 e. The maximum absolute atomic E-state index is 11.1. The normalized spacial score (nSPS) is 19.3. The number of carboxylic acids is 1. The van der Waals surface area contributed by atoms with Crippen LogP contribution in [-0.2, 0) is 4.79 Å². The molecule has 1 unspecified atom stereocenters. The summed E-state index contributed by atoms with van der Waals surface area (Å²) in [7, 11) is 3.86. The highest BCUT2D eigenvalue weighted by atomic mass is 16.4. The van der Waals surface area contributed by atoms with E-state index in [1.807, 2.05) is 36.9 Å². The van der Waals surface area contributed by atoms with Crippen LogP contribution in [-0.4, -0.2) is 48.2 Å². The van der Waals surface area contributed by atoms with E-state index in [4.69, 9.17) is 5.11 Å². The first-order valence-electron chi connectivity index (χ1n) is 6.48. The molecule has 0 amide bonds. The van der Waals surface area contributed by atoms with Gasteiger partial charge in [0.2, 0.25) is 0 Å². The largest absolute Gasteiger partial charge is 0.481 e. The van der Waals surface area contributed by atoms with Gasteiger partial charge < -0.3 is 14.9 Å². The second kappa shape index (κ2) is 5.42. The van der Waals surface area contributed by atoms with Gasteiger partial charge in [-0.15, -0.1) is 0 Å². The predicted octanol–water partition coefficient (Wildman–Crippen LogP) is 1.15. The lowest BCUT2D eigenvalue weighted by molar-refractivity contribution is -0.141. The molecule has 1 atom stereocenters. The third kappa shape index (κ3) is 3.13. The summed E-state index contributed by atoms with van der Waals surface area (Å²) in [5.74, 6) is 1.36. The van der Waals surface area contributed by atoms with Crippen LogP contribution < -0.4 is 9.80 Å². The van der Waals surface area contributed by atoms with Crippen molar-refractivity contribution in [1.82, 2.24) is 9.97 Å². The molecule has 1 aromatic heterocycles. The minimum atomic E-state index is -0.719. The fraction of sp³-hybridized carbons (Fsp3) is 0.615.